The predicted octanol–water partition coefficient (Wildman–Crippen LogP) is 3.64. The highest BCUT2D eigenvalue weighted by molar-refractivity contribution is 7.96. The van der Waals surface area contributed by atoms with Crippen molar-refractivity contribution < 1.29 is 19.4 Å². The topological polar surface area (TPSA) is 116 Å². The van der Waals surface area contributed by atoms with Crippen LogP contribution in [-0.4, -0.2) is 60.1 Å². The molecule has 8 nitrogen and oxygen atoms in total. The van der Waals surface area contributed by atoms with Gasteiger partial charge in [0.15, 0.2) is 12.2 Å². The Kier molecular flexibility index (Phi) is 10.5. The molecule has 1 aliphatic carbocycles. The van der Waals surface area contributed by atoms with Gasteiger partial charge >= 0.3 is 0 Å². The van der Waals surface area contributed by atoms with Crippen molar-refractivity contribution in [3.05, 3.63) is 12.0 Å². The molecule has 1 saturated heterocycles. The molecule has 1 aliphatic heterocycles. The summed E-state index contributed by atoms with van der Waals surface area (Å²) < 4.78 is 14.8. The van der Waals surface area contributed by atoms with Crippen LogP contribution in [-0.2, 0) is 14.3 Å². The molecule has 1 atom stereocenters. The van der Waals surface area contributed by atoms with Crippen molar-refractivity contribution in [1.82, 2.24) is 15.4 Å². The number of ether oxygens (including phenoxy) is 2. The summed E-state index contributed by atoms with van der Waals surface area (Å²) in [5.41, 5.74) is -1.29. The molecule has 1 heterocycles. The Labute approximate surface area is 197 Å². The molecule has 0 radical (unpaired) electrons. The molecule has 184 valence electrons. The fraction of sp³-hybridized carbons (Fsp3) is 0.826. The van der Waals surface area contributed by atoms with Crippen LogP contribution in [0, 0.1) is 10.8 Å². The van der Waals surface area contributed by atoms with E-state index in [0.29, 0.717) is 19.3 Å². The molecule has 2 aliphatic rings. The van der Waals surface area contributed by atoms with Crippen molar-refractivity contribution >= 4 is 23.6 Å². The zero-order valence-electron chi connectivity index (χ0n) is 20.3. The lowest BCUT2D eigenvalue weighted by Gasteiger charge is -2.35. The highest BCUT2D eigenvalue weighted by atomic mass is 32.2. The molecule has 5 N–H and O–H groups in total. The van der Waals surface area contributed by atoms with Crippen LogP contribution < -0.4 is 15.4 Å². The van der Waals surface area contributed by atoms with Crippen LogP contribution in [0.2, 0.25) is 0 Å². The normalized spacial score (nSPS) is 25.4. The summed E-state index contributed by atoms with van der Waals surface area (Å²) in [6.07, 6.45) is 10.2. The number of hydrogen-bond acceptors (Lipinski definition) is 8. The first-order valence-electron chi connectivity index (χ1n) is 11.6. The summed E-state index contributed by atoms with van der Waals surface area (Å²) in [5.74, 6) is -0.655. The van der Waals surface area contributed by atoms with Gasteiger partial charge in [-0.2, -0.15) is 0 Å². The van der Waals surface area contributed by atoms with Gasteiger partial charge in [-0.15, -0.1) is 0 Å². The van der Waals surface area contributed by atoms with E-state index < -0.39 is 11.0 Å². The van der Waals surface area contributed by atoms with E-state index in [0.717, 1.165) is 44.9 Å². The molecule has 1 saturated carbocycles. The first-order chi connectivity index (χ1) is 15.0. The summed E-state index contributed by atoms with van der Waals surface area (Å²) in [5, 5.41) is 24.7. The van der Waals surface area contributed by atoms with Gasteiger partial charge in [-0.25, -0.2) is 0 Å². The summed E-state index contributed by atoms with van der Waals surface area (Å²) in [6, 6.07) is 0.785. The molecule has 32 heavy (non-hydrogen) atoms. The maximum Gasteiger partial charge on any atom is 0.246 e. The molecule has 1 unspecified atom stereocenters. The van der Waals surface area contributed by atoms with E-state index in [9.17, 15) is 9.90 Å². The maximum absolute atomic E-state index is 12.8. The van der Waals surface area contributed by atoms with E-state index >= 15 is 0 Å². The largest absolute Gasteiger partial charge is 0.494 e. The average Bonchev–Trinajstić information content (AvgIpc) is 2.74. The Morgan fingerprint density at radius 3 is 2.41 bits per heavy atom. The molecule has 9 heteroatoms. The summed E-state index contributed by atoms with van der Waals surface area (Å²) >= 11 is 1.65. The minimum Gasteiger partial charge on any atom is -0.494 e. The fourth-order valence-corrected chi connectivity index (χ4v) is 4.53. The van der Waals surface area contributed by atoms with Crippen molar-refractivity contribution in [3.8, 4) is 0 Å². The number of allylic oxidation sites excluding steroid dienone is 1. The van der Waals surface area contributed by atoms with E-state index in [-0.39, 0.29) is 29.8 Å². The molecular formula is C23H42N4O4S. The first-order valence-corrected chi connectivity index (χ1v) is 12.9. The number of rotatable bonds is 11. The summed E-state index contributed by atoms with van der Waals surface area (Å²) in [6.45, 7) is 8.38. The van der Waals surface area contributed by atoms with Crippen molar-refractivity contribution in [1.29, 1.82) is 5.41 Å². The van der Waals surface area contributed by atoms with Gasteiger partial charge in [0.1, 0.15) is 0 Å². The van der Waals surface area contributed by atoms with Crippen LogP contribution in [0.25, 0.3) is 0 Å². The third-order valence-electron chi connectivity index (χ3n) is 6.16. The Balaban J connectivity index is 1.82. The van der Waals surface area contributed by atoms with Gasteiger partial charge in [0.2, 0.25) is 5.91 Å². The highest BCUT2D eigenvalue weighted by Crippen LogP contribution is 2.23. The van der Waals surface area contributed by atoms with Crippen molar-refractivity contribution in [2.24, 2.45) is 5.41 Å². The van der Waals surface area contributed by atoms with Gasteiger partial charge in [-0.3, -0.25) is 14.8 Å². The zero-order valence-corrected chi connectivity index (χ0v) is 21.1. The summed E-state index contributed by atoms with van der Waals surface area (Å²) in [4.78, 5) is 12.8. The molecule has 0 spiro atoms. The lowest BCUT2D eigenvalue weighted by atomic mass is 9.88. The summed E-state index contributed by atoms with van der Waals surface area (Å²) in [7, 11) is 0. The van der Waals surface area contributed by atoms with Crippen LogP contribution in [0.5, 0.6) is 0 Å². The van der Waals surface area contributed by atoms with Crippen LogP contribution in [0.1, 0.15) is 72.6 Å². The average molecular weight is 471 g/mol. The second-order valence-corrected chi connectivity index (χ2v) is 10.7. The molecule has 0 aromatic rings. The number of aliphatic hydroxyl groups is 1. The minimum atomic E-state index is -0.842. The van der Waals surface area contributed by atoms with Crippen LogP contribution in [0.4, 0.5) is 0 Å². The number of aliphatic hydroxyl groups excluding tert-OH is 1. The molecule has 2 rings (SSSR count). The van der Waals surface area contributed by atoms with E-state index in [1.807, 2.05) is 34.0 Å². The van der Waals surface area contributed by atoms with Gasteiger partial charge in [0.25, 0.3) is 0 Å². The Morgan fingerprint density at radius 1 is 1.16 bits per heavy atom. The van der Waals surface area contributed by atoms with Gasteiger partial charge in [-0.05, 0) is 65.0 Å². The van der Waals surface area contributed by atoms with Crippen LogP contribution >= 0.6 is 11.9 Å². The van der Waals surface area contributed by atoms with E-state index in [1.54, 1.807) is 11.9 Å². The van der Waals surface area contributed by atoms with Gasteiger partial charge < -0.3 is 25.3 Å². The third kappa shape index (κ3) is 8.67. The lowest BCUT2D eigenvalue weighted by Crippen LogP contribution is -2.56. The minimum absolute atomic E-state index is 0.177. The lowest BCUT2D eigenvalue weighted by molar-refractivity contribution is -0.171. The molecule has 0 aromatic carbocycles. The quantitative estimate of drug-likeness (QED) is 0.178. The fourth-order valence-electron chi connectivity index (χ4n) is 3.96. The Bertz CT molecular complexity index is 654. The van der Waals surface area contributed by atoms with Gasteiger partial charge in [-0.1, -0.05) is 25.8 Å². The van der Waals surface area contributed by atoms with Crippen molar-refractivity contribution in [3.63, 3.8) is 0 Å². The number of hydrogen-bond donors (Lipinski definition) is 5. The second kappa shape index (κ2) is 12.4. The molecular weight excluding hydrogens is 428 g/mol. The zero-order chi connectivity index (χ0) is 23.8. The molecule has 2 fully saturated rings. The molecule has 0 aromatic heterocycles. The number of nitrogens with one attached hydrogen (secondary N) is 4. The smallest absolute Gasteiger partial charge is 0.246 e. The molecule has 0 bridgehead atoms. The van der Waals surface area contributed by atoms with E-state index in [4.69, 9.17) is 14.9 Å². The van der Waals surface area contributed by atoms with Crippen molar-refractivity contribution in [2.75, 3.05) is 19.5 Å². The van der Waals surface area contributed by atoms with Crippen molar-refractivity contribution in [2.45, 2.75) is 96.6 Å². The Hall–Kier alpha value is -1.13. The maximum atomic E-state index is 12.8. The highest BCUT2D eigenvalue weighted by Gasteiger charge is 2.33. The monoisotopic (exact) mass is 470 g/mol. The van der Waals surface area contributed by atoms with Gasteiger partial charge in [0.05, 0.1) is 12.1 Å². The van der Waals surface area contributed by atoms with Gasteiger partial charge in [0, 0.05) is 35.9 Å². The predicted molar refractivity (Wildman–Crippen MR) is 130 cm³/mol. The number of carbonyl (C=O) groups excluding carboxylic acids is 1. The number of amides is 1. The number of carbonyl (C=O) groups is 1. The first kappa shape index (κ1) is 27.1. The van der Waals surface area contributed by atoms with Crippen LogP contribution in [0.3, 0.4) is 0 Å². The van der Waals surface area contributed by atoms with E-state index in [1.165, 1.54) is 6.08 Å². The SMILES string of the molecule is CSN[C@H]1CC[C@@H](NC(C)(C)C(=O)N/C(O)=C/C(=N)C(C)(C)COC2CCCCO2)CC1. The standard InChI is InChI=1S/C23H42N4O4S/c1-22(2,15-31-20-8-6-7-13-30-20)18(24)14-19(28)25-21(29)23(3,4)26-16-9-11-17(12-10-16)27-32-5/h14,16-17,20,24,26-28H,6-13,15H2,1-5H3,(H,25,29)/b19-14-,24-18?/t16-,17+,20?. The van der Waals surface area contributed by atoms with Crippen LogP contribution in [0.15, 0.2) is 12.0 Å². The second-order valence-electron chi connectivity index (χ2n) is 10.0. The Morgan fingerprint density at radius 2 is 1.81 bits per heavy atom. The third-order valence-corrected chi connectivity index (χ3v) is 6.73. The molecule has 1 amide bonds. The van der Waals surface area contributed by atoms with E-state index in [2.05, 4.69) is 15.4 Å².